The van der Waals surface area contributed by atoms with Crippen molar-refractivity contribution in [1.82, 2.24) is 15.1 Å². The Labute approximate surface area is 202 Å². The number of carbonyl (C=O) groups excluding carboxylic acids is 1. The number of aryl methyl sites for hydroxylation is 3. The van der Waals surface area contributed by atoms with Crippen molar-refractivity contribution >= 4 is 17.3 Å². The van der Waals surface area contributed by atoms with E-state index in [0.717, 1.165) is 16.7 Å². The molecule has 1 aromatic heterocycles. The van der Waals surface area contributed by atoms with Crippen LogP contribution in [0.5, 0.6) is 11.5 Å². The Bertz CT molecular complexity index is 1390. The average molecular weight is 473 g/mol. The van der Waals surface area contributed by atoms with Gasteiger partial charge in [-0.15, -0.1) is 0 Å². The summed E-state index contributed by atoms with van der Waals surface area (Å²) in [5, 5.41) is 9.97. The van der Waals surface area contributed by atoms with Crippen LogP contribution in [-0.2, 0) is 13.6 Å². The highest BCUT2D eigenvalue weighted by Gasteiger charge is 2.14. The fourth-order valence-corrected chi connectivity index (χ4v) is 3.57. The van der Waals surface area contributed by atoms with Gasteiger partial charge in [0.1, 0.15) is 11.6 Å². The molecule has 0 fully saturated rings. The highest BCUT2D eigenvalue weighted by Crippen LogP contribution is 2.29. The molecule has 2 N–H and O–H groups in total. The van der Waals surface area contributed by atoms with Gasteiger partial charge in [-0.25, -0.2) is 9.07 Å². The quantitative estimate of drug-likeness (QED) is 0.395. The molecule has 0 saturated carbocycles. The molecule has 0 spiro atoms. The lowest BCUT2D eigenvalue weighted by Gasteiger charge is -2.14. The van der Waals surface area contributed by atoms with E-state index in [2.05, 4.69) is 15.7 Å². The molecule has 8 heteroatoms. The second-order valence-corrected chi connectivity index (χ2v) is 8.25. The number of halogens is 1. The van der Waals surface area contributed by atoms with Crippen LogP contribution in [0, 0.1) is 19.7 Å². The monoisotopic (exact) mass is 472 g/mol. The van der Waals surface area contributed by atoms with Crippen LogP contribution >= 0.6 is 0 Å². The predicted octanol–water partition coefficient (Wildman–Crippen LogP) is 5.00. The fraction of sp³-hybridized carbons (Fsp3) is 0.148. The van der Waals surface area contributed by atoms with E-state index < -0.39 is 0 Å². The van der Waals surface area contributed by atoms with Gasteiger partial charge in [-0.2, -0.15) is 5.10 Å². The second kappa shape index (κ2) is 10.2. The van der Waals surface area contributed by atoms with Crippen molar-refractivity contribution in [1.29, 1.82) is 0 Å². The number of nitrogens with zero attached hydrogens (tertiary/aromatic N) is 2. The van der Waals surface area contributed by atoms with Gasteiger partial charge in [0.25, 0.3) is 11.5 Å². The van der Waals surface area contributed by atoms with Gasteiger partial charge < -0.3 is 15.4 Å². The topological polar surface area (TPSA) is 85.2 Å². The number of hydrogen-bond donors (Lipinski definition) is 2. The lowest BCUT2D eigenvalue weighted by molar-refractivity contribution is 0.0951. The van der Waals surface area contributed by atoms with E-state index in [1.807, 2.05) is 32.0 Å². The van der Waals surface area contributed by atoms with Gasteiger partial charge in [0.15, 0.2) is 11.4 Å². The summed E-state index contributed by atoms with van der Waals surface area (Å²) in [6, 6.07) is 18.4. The molecular formula is C27H25FN4O3. The zero-order valence-electron chi connectivity index (χ0n) is 19.6. The highest BCUT2D eigenvalue weighted by atomic mass is 19.1. The van der Waals surface area contributed by atoms with Crippen LogP contribution < -0.4 is 20.9 Å². The van der Waals surface area contributed by atoms with Crippen LogP contribution in [0.1, 0.15) is 27.0 Å². The smallest absolute Gasteiger partial charge is 0.294 e. The maximum absolute atomic E-state index is 13.0. The van der Waals surface area contributed by atoms with E-state index in [-0.39, 0.29) is 29.5 Å². The third-order valence-electron chi connectivity index (χ3n) is 5.31. The van der Waals surface area contributed by atoms with Crippen molar-refractivity contribution in [2.24, 2.45) is 7.05 Å². The number of anilines is 2. The minimum absolute atomic E-state index is 0.232. The van der Waals surface area contributed by atoms with Crippen LogP contribution in [0.15, 0.2) is 77.7 Å². The number of carbonyl (C=O) groups is 1. The molecule has 0 radical (unpaired) electrons. The number of rotatable bonds is 7. The molecule has 0 bridgehead atoms. The number of ether oxygens (including phenoxy) is 1. The van der Waals surface area contributed by atoms with Crippen molar-refractivity contribution in [3.8, 4) is 11.5 Å². The zero-order chi connectivity index (χ0) is 24.9. The number of benzene rings is 3. The van der Waals surface area contributed by atoms with Crippen molar-refractivity contribution in [2.75, 3.05) is 5.32 Å². The van der Waals surface area contributed by atoms with E-state index in [0.29, 0.717) is 22.7 Å². The van der Waals surface area contributed by atoms with Crippen LogP contribution in [0.25, 0.3) is 0 Å². The van der Waals surface area contributed by atoms with Crippen molar-refractivity contribution in [3.63, 3.8) is 0 Å². The summed E-state index contributed by atoms with van der Waals surface area (Å²) in [6.45, 7) is 4.22. The number of nitrogens with one attached hydrogen (secondary N) is 2. The highest BCUT2D eigenvalue weighted by molar-refractivity contribution is 5.94. The van der Waals surface area contributed by atoms with Gasteiger partial charge in [-0.1, -0.05) is 18.2 Å². The summed E-state index contributed by atoms with van der Waals surface area (Å²) in [5.41, 5.74) is 3.81. The first-order chi connectivity index (χ1) is 16.8. The van der Waals surface area contributed by atoms with Crippen LogP contribution in [0.3, 0.4) is 0 Å². The Balaban J connectivity index is 1.49. The molecule has 4 aromatic rings. The first-order valence-corrected chi connectivity index (χ1v) is 11.0. The lowest BCUT2D eigenvalue weighted by Crippen LogP contribution is -2.23. The molecule has 1 amide bonds. The van der Waals surface area contributed by atoms with Crippen molar-refractivity contribution in [2.45, 2.75) is 20.4 Å². The maximum atomic E-state index is 13.0. The molecular weight excluding hydrogens is 447 g/mol. The van der Waals surface area contributed by atoms with E-state index >= 15 is 0 Å². The number of aromatic nitrogens is 2. The predicted molar refractivity (Wildman–Crippen MR) is 133 cm³/mol. The second-order valence-electron chi connectivity index (χ2n) is 8.25. The van der Waals surface area contributed by atoms with E-state index in [1.54, 1.807) is 43.4 Å². The van der Waals surface area contributed by atoms with E-state index in [9.17, 15) is 14.0 Å². The van der Waals surface area contributed by atoms with Gasteiger partial charge >= 0.3 is 0 Å². The number of amides is 1. The van der Waals surface area contributed by atoms with Crippen LogP contribution in [-0.4, -0.2) is 15.7 Å². The third kappa shape index (κ3) is 5.92. The van der Waals surface area contributed by atoms with Crippen LogP contribution in [0.4, 0.5) is 15.8 Å². The molecule has 0 aliphatic carbocycles. The number of hydrogen-bond acceptors (Lipinski definition) is 5. The van der Waals surface area contributed by atoms with E-state index in [1.165, 1.54) is 23.0 Å². The van der Waals surface area contributed by atoms with Gasteiger partial charge in [0.05, 0.1) is 6.20 Å². The summed E-state index contributed by atoms with van der Waals surface area (Å²) in [6.07, 6.45) is 1.48. The molecule has 3 aromatic carbocycles. The Hall–Kier alpha value is -4.46. The Morgan fingerprint density at radius 1 is 1.00 bits per heavy atom. The van der Waals surface area contributed by atoms with Crippen molar-refractivity contribution in [3.05, 3.63) is 111 Å². The van der Waals surface area contributed by atoms with E-state index in [4.69, 9.17) is 4.74 Å². The Kier molecular flexibility index (Phi) is 6.91. The largest absolute Gasteiger partial charge is 0.453 e. The van der Waals surface area contributed by atoms with Gasteiger partial charge in [-0.05, 0) is 79.1 Å². The van der Waals surface area contributed by atoms with Gasteiger partial charge in [0, 0.05) is 24.8 Å². The molecule has 4 rings (SSSR count). The molecule has 0 aliphatic heterocycles. The molecule has 0 saturated heterocycles. The summed E-state index contributed by atoms with van der Waals surface area (Å²) in [7, 11) is 1.56. The molecule has 7 nitrogen and oxygen atoms in total. The maximum Gasteiger partial charge on any atom is 0.294 e. The average Bonchev–Trinajstić information content (AvgIpc) is 2.83. The van der Waals surface area contributed by atoms with Crippen LogP contribution in [0.2, 0.25) is 0 Å². The minimum atomic E-state index is -0.354. The zero-order valence-corrected chi connectivity index (χ0v) is 19.6. The Morgan fingerprint density at radius 3 is 2.31 bits per heavy atom. The standard InChI is InChI=1S/C27H25FN4O3/c1-17-12-18(2)14-23(13-17)35-24-16-30-32(3)27(34)25(24)31-22-10-6-20(7-11-22)26(33)29-15-19-4-8-21(28)9-5-19/h4-14,16,31H,15H2,1-3H3,(H,29,33). The minimum Gasteiger partial charge on any atom is -0.453 e. The van der Waals surface area contributed by atoms with Gasteiger partial charge in [-0.3, -0.25) is 9.59 Å². The molecule has 35 heavy (non-hydrogen) atoms. The fourth-order valence-electron chi connectivity index (χ4n) is 3.57. The molecule has 1 heterocycles. The normalized spacial score (nSPS) is 10.6. The van der Waals surface area contributed by atoms with Gasteiger partial charge in [0.2, 0.25) is 0 Å². The molecule has 0 unspecified atom stereocenters. The van der Waals surface area contributed by atoms with Crippen molar-refractivity contribution < 1.29 is 13.9 Å². The molecule has 178 valence electrons. The summed E-state index contributed by atoms with van der Waals surface area (Å²) >= 11 is 0. The first-order valence-electron chi connectivity index (χ1n) is 11.0. The summed E-state index contributed by atoms with van der Waals surface area (Å²) in [5.74, 6) is 0.308. The lowest BCUT2D eigenvalue weighted by atomic mass is 10.1. The summed E-state index contributed by atoms with van der Waals surface area (Å²) < 4.78 is 20.2. The molecule has 0 aliphatic rings. The molecule has 0 atom stereocenters. The summed E-state index contributed by atoms with van der Waals surface area (Å²) in [4.78, 5) is 25.3. The first kappa shape index (κ1) is 23.7. The Morgan fingerprint density at radius 2 is 1.66 bits per heavy atom. The SMILES string of the molecule is Cc1cc(C)cc(Oc2cnn(C)c(=O)c2Nc2ccc(C(=O)NCc3ccc(F)cc3)cc2)c1. The third-order valence-corrected chi connectivity index (χ3v) is 5.31.